The summed E-state index contributed by atoms with van der Waals surface area (Å²) in [6, 6.07) is 22.1. The maximum atomic E-state index is 13.6. The number of ketones is 2. The maximum absolute atomic E-state index is 13.6. The molecule has 0 fully saturated rings. The molecule has 0 saturated carbocycles. The zero-order valence-corrected chi connectivity index (χ0v) is 21.2. The average Bonchev–Trinajstić information content (AvgIpc) is 3.28. The first-order valence-corrected chi connectivity index (χ1v) is 13.5. The second kappa shape index (κ2) is 11.0. The molecule has 3 aromatic carbocycles. The molecule has 0 saturated heterocycles. The molecule has 0 radical (unpaired) electrons. The molecule has 184 valence electrons. The highest BCUT2D eigenvalue weighted by atomic mass is 16.1. The van der Waals surface area contributed by atoms with Gasteiger partial charge in [-0.3, -0.25) is 9.59 Å². The van der Waals surface area contributed by atoms with E-state index in [-0.39, 0.29) is 11.6 Å². The Morgan fingerprint density at radius 3 is 2.17 bits per heavy atom. The van der Waals surface area contributed by atoms with Crippen molar-refractivity contribution in [1.82, 2.24) is 4.57 Å². The summed E-state index contributed by atoms with van der Waals surface area (Å²) in [5.74, 6) is -0.0790. The van der Waals surface area contributed by atoms with E-state index in [2.05, 4.69) is 49.4 Å². The van der Waals surface area contributed by atoms with Crippen LogP contribution in [0.2, 0.25) is 0 Å². The van der Waals surface area contributed by atoms with Crippen molar-refractivity contribution in [3.8, 4) is 0 Å². The number of nitrogens with zero attached hydrogens (tertiary/aromatic N) is 2. The summed E-state index contributed by atoms with van der Waals surface area (Å²) in [7, 11) is 0. The third kappa shape index (κ3) is 4.90. The highest BCUT2D eigenvalue weighted by Crippen LogP contribution is 2.26. The highest BCUT2D eigenvalue weighted by molar-refractivity contribution is 6.26. The molecular formula is C32H35N2O2+. The van der Waals surface area contributed by atoms with Gasteiger partial charge >= 0.3 is 0 Å². The fourth-order valence-corrected chi connectivity index (χ4v) is 5.39. The van der Waals surface area contributed by atoms with E-state index in [0.717, 1.165) is 25.8 Å². The fourth-order valence-electron chi connectivity index (χ4n) is 5.39. The molecular weight excluding hydrogens is 444 g/mol. The van der Waals surface area contributed by atoms with E-state index in [9.17, 15) is 9.59 Å². The topological polar surface area (TPSA) is 43.0 Å². The molecule has 0 spiro atoms. The van der Waals surface area contributed by atoms with Gasteiger partial charge in [0.2, 0.25) is 29.3 Å². The van der Waals surface area contributed by atoms with Gasteiger partial charge in [-0.05, 0) is 29.2 Å². The van der Waals surface area contributed by atoms with Crippen molar-refractivity contribution in [3.05, 3.63) is 101 Å². The molecule has 0 N–H and O–H groups in total. The molecule has 0 unspecified atom stereocenters. The molecule has 1 aliphatic carbocycles. The van der Waals surface area contributed by atoms with Gasteiger partial charge < -0.3 is 0 Å². The minimum atomic E-state index is -0.0444. The van der Waals surface area contributed by atoms with Gasteiger partial charge in [-0.1, -0.05) is 106 Å². The Labute approximate surface area is 213 Å². The van der Waals surface area contributed by atoms with Crippen LogP contribution in [-0.2, 0) is 19.5 Å². The van der Waals surface area contributed by atoms with Crippen molar-refractivity contribution in [2.45, 2.75) is 71.4 Å². The van der Waals surface area contributed by atoms with Crippen molar-refractivity contribution in [2.75, 3.05) is 0 Å². The molecule has 4 nitrogen and oxygen atoms in total. The summed E-state index contributed by atoms with van der Waals surface area (Å²) >= 11 is 0. The van der Waals surface area contributed by atoms with Gasteiger partial charge in [-0.15, -0.1) is 0 Å². The SMILES string of the molecule is CCCCCCCCC[n+]1cn(CCc2ccc3ccccc3c2)c2c1C(=O)c1ccccc1C2=O. The minimum absolute atomic E-state index is 0.0346. The number of imidazole rings is 1. The van der Waals surface area contributed by atoms with E-state index in [4.69, 9.17) is 0 Å². The van der Waals surface area contributed by atoms with Gasteiger partial charge in [0.1, 0.15) is 0 Å². The quantitative estimate of drug-likeness (QED) is 0.156. The number of hydrogen-bond donors (Lipinski definition) is 0. The summed E-state index contributed by atoms with van der Waals surface area (Å²) < 4.78 is 4.06. The van der Waals surface area contributed by atoms with Crippen LogP contribution in [0, 0.1) is 0 Å². The Balaban J connectivity index is 1.38. The van der Waals surface area contributed by atoms with E-state index in [1.165, 1.54) is 48.4 Å². The average molecular weight is 480 g/mol. The van der Waals surface area contributed by atoms with Gasteiger partial charge in [-0.2, -0.15) is 0 Å². The van der Waals surface area contributed by atoms with Crippen LogP contribution in [0.1, 0.15) is 89.5 Å². The summed E-state index contributed by atoms with van der Waals surface area (Å²) in [5.41, 5.74) is 3.37. The van der Waals surface area contributed by atoms with Crippen LogP contribution in [0.4, 0.5) is 0 Å². The standard InChI is InChI=1S/C32H35N2O2/c1-2-3-4-5-6-7-12-20-33-23-34(21-19-24-17-18-25-13-8-9-14-26(25)22-24)30-29(33)31(35)27-15-10-11-16-28(27)32(30)36/h8-11,13-18,22-23H,2-7,12,19-21H2,1H3/q+1. The first-order valence-electron chi connectivity index (χ1n) is 13.5. The number of carbonyl (C=O) groups is 2. The lowest BCUT2D eigenvalue weighted by Crippen LogP contribution is -2.40. The maximum Gasteiger partial charge on any atom is 0.244 e. The lowest BCUT2D eigenvalue weighted by Gasteiger charge is -2.13. The van der Waals surface area contributed by atoms with Gasteiger partial charge in [0, 0.05) is 17.5 Å². The zero-order valence-electron chi connectivity index (χ0n) is 21.2. The summed E-state index contributed by atoms with van der Waals surface area (Å²) in [6.45, 7) is 3.66. The van der Waals surface area contributed by atoms with Gasteiger partial charge in [0.25, 0.3) is 0 Å². The smallest absolute Gasteiger partial charge is 0.244 e. The number of fused-ring (bicyclic) bond motifs is 3. The monoisotopic (exact) mass is 479 g/mol. The molecule has 0 bridgehead atoms. The molecule has 0 aliphatic heterocycles. The molecule has 5 rings (SSSR count). The molecule has 1 aliphatic rings. The van der Waals surface area contributed by atoms with E-state index in [1.807, 2.05) is 27.6 Å². The molecule has 4 heteroatoms. The first-order chi connectivity index (χ1) is 17.7. The first kappa shape index (κ1) is 24.2. The summed E-state index contributed by atoms with van der Waals surface area (Å²) in [4.78, 5) is 27.1. The Morgan fingerprint density at radius 2 is 1.39 bits per heavy atom. The minimum Gasteiger partial charge on any atom is -0.284 e. The Kier molecular flexibility index (Phi) is 7.41. The highest BCUT2D eigenvalue weighted by Gasteiger charge is 2.40. The lowest BCUT2D eigenvalue weighted by atomic mass is 9.90. The fraction of sp³-hybridized carbons (Fsp3) is 0.344. The van der Waals surface area contributed by atoms with Crippen LogP contribution < -0.4 is 4.57 Å². The van der Waals surface area contributed by atoms with Gasteiger partial charge in [-0.25, -0.2) is 9.13 Å². The molecule has 0 atom stereocenters. The van der Waals surface area contributed by atoms with E-state index >= 15 is 0 Å². The van der Waals surface area contributed by atoms with E-state index in [1.54, 1.807) is 12.1 Å². The van der Waals surface area contributed by atoms with Gasteiger partial charge in [0.05, 0.1) is 13.1 Å². The van der Waals surface area contributed by atoms with Crippen molar-refractivity contribution in [3.63, 3.8) is 0 Å². The van der Waals surface area contributed by atoms with Crippen molar-refractivity contribution < 1.29 is 14.2 Å². The van der Waals surface area contributed by atoms with E-state index in [0.29, 0.717) is 29.1 Å². The molecule has 1 aromatic heterocycles. The second-order valence-corrected chi connectivity index (χ2v) is 9.96. The number of hydrogen-bond acceptors (Lipinski definition) is 2. The number of aryl methyl sites for hydroxylation is 3. The molecule has 0 amide bonds. The zero-order chi connectivity index (χ0) is 24.9. The lowest BCUT2D eigenvalue weighted by molar-refractivity contribution is -0.698. The predicted molar refractivity (Wildman–Crippen MR) is 144 cm³/mol. The number of carbonyl (C=O) groups excluding carboxylic acids is 2. The number of unbranched alkanes of at least 4 members (excludes halogenated alkanes) is 6. The molecule has 1 heterocycles. The molecule has 36 heavy (non-hydrogen) atoms. The third-order valence-corrected chi connectivity index (χ3v) is 7.38. The largest absolute Gasteiger partial charge is 0.284 e. The van der Waals surface area contributed by atoms with E-state index < -0.39 is 0 Å². The molecule has 4 aromatic rings. The van der Waals surface area contributed by atoms with Crippen molar-refractivity contribution in [1.29, 1.82) is 0 Å². The number of rotatable bonds is 11. The van der Waals surface area contributed by atoms with Crippen LogP contribution >= 0.6 is 0 Å². The van der Waals surface area contributed by atoms with Crippen LogP contribution in [0.15, 0.2) is 73.1 Å². The number of aromatic nitrogens is 2. The second-order valence-electron chi connectivity index (χ2n) is 9.96. The van der Waals surface area contributed by atoms with Crippen LogP contribution in [0.25, 0.3) is 10.8 Å². The predicted octanol–water partition coefficient (Wildman–Crippen LogP) is 6.70. The Hall–Kier alpha value is -3.53. The summed E-state index contributed by atoms with van der Waals surface area (Å²) in [6.07, 6.45) is 11.3. The Bertz CT molecular complexity index is 1400. The summed E-state index contributed by atoms with van der Waals surface area (Å²) in [5, 5.41) is 2.45. The van der Waals surface area contributed by atoms with Crippen molar-refractivity contribution in [2.24, 2.45) is 0 Å². The van der Waals surface area contributed by atoms with Crippen LogP contribution in [-0.4, -0.2) is 16.1 Å². The number of benzene rings is 3. The third-order valence-electron chi connectivity index (χ3n) is 7.38. The Morgan fingerprint density at radius 1 is 0.722 bits per heavy atom. The van der Waals surface area contributed by atoms with Crippen LogP contribution in [0.3, 0.4) is 0 Å². The normalized spacial score (nSPS) is 12.7. The van der Waals surface area contributed by atoms with Crippen LogP contribution in [0.5, 0.6) is 0 Å². The van der Waals surface area contributed by atoms with Gasteiger partial charge in [0.15, 0.2) is 0 Å². The van der Waals surface area contributed by atoms with Crippen molar-refractivity contribution >= 4 is 22.3 Å².